The summed E-state index contributed by atoms with van der Waals surface area (Å²) in [6.07, 6.45) is 15.0. The van der Waals surface area contributed by atoms with Crippen molar-refractivity contribution in [3.8, 4) is 17.0 Å². The van der Waals surface area contributed by atoms with Gasteiger partial charge < -0.3 is 4.74 Å². The van der Waals surface area contributed by atoms with E-state index >= 15 is 0 Å². The Kier molecular flexibility index (Phi) is 8.92. The normalized spacial score (nSPS) is 18.9. The summed E-state index contributed by atoms with van der Waals surface area (Å²) in [6.45, 7) is 4.45. The summed E-state index contributed by atoms with van der Waals surface area (Å²) in [7, 11) is 0. The van der Waals surface area contributed by atoms with Crippen LogP contribution >= 0.6 is 0 Å². The molecule has 1 saturated carbocycles. The van der Waals surface area contributed by atoms with Crippen molar-refractivity contribution in [1.29, 1.82) is 0 Å². The minimum atomic E-state index is -0.0619. The molecule has 0 amide bonds. The van der Waals surface area contributed by atoms with Gasteiger partial charge in [-0.2, -0.15) is 0 Å². The number of unbranched alkanes of at least 4 members (excludes halogenated alkanes) is 3. The number of nitrogens with zero attached hydrogens (tertiary/aromatic N) is 1. The first-order valence-electron chi connectivity index (χ1n) is 12.0. The van der Waals surface area contributed by atoms with Gasteiger partial charge in [0.15, 0.2) is 0 Å². The molecule has 2 aromatic rings. The second-order valence-corrected chi connectivity index (χ2v) is 8.81. The van der Waals surface area contributed by atoms with Gasteiger partial charge in [-0.1, -0.05) is 52.0 Å². The van der Waals surface area contributed by atoms with Gasteiger partial charge >= 0.3 is 5.97 Å². The monoisotopic (exact) mass is 407 g/mol. The lowest BCUT2D eigenvalue weighted by Gasteiger charge is -2.27. The number of aromatic nitrogens is 1. The number of hydrogen-bond donors (Lipinski definition) is 0. The van der Waals surface area contributed by atoms with Gasteiger partial charge in [-0.15, -0.1) is 0 Å². The molecule has 30 heavy (non-hydrogen) atoms. The molecule has 0 aliphatic heterocycles. The van der Waals surface area contributed by atoms with Gasteiger partial charge in [-0.3, -0.25) is 9.78 Å². The summed E-state index contributed by atoms with van der Waals surface area (Å²) in [5, 5.41) is 0. The molecule has 3 nitrogen and oxygen atoms in total. The lowest BCUT2D eigenvalue weighted by molar-refractivity contribution is -0.140. The fraction of sp³-hybridized carbons (Fsp3) is 0.556. The number of carbonyl (C=O) groups is 1. The topological polar surface area (TPSA) is 39.2 Å². The van der Waals surface area contributed by atoms with E-state index in [0.717, 1.165) is 36.4 Å². The average molecular weight is 408 g/mol. The van der Waals surface area contributed by atoms with Crippen molar-refractivity contribution >= 4 is 5.97 Å². The van der Waals surface area contributed by atoms with Crippen LogP contribution in [0.4, 0.5) is 0 Å². The van der Waals surface area contributed by atoms with Crippen LogP contribution in [0.25, 0.3) is 11.3 Å². The van der Waals surface area contributed by atoms with E-state index in [4.69, 9.17) is 4.74 Å². The van der Waals surface area contributed by atoms with Crippen LogP contribution in [0.2, 0.25) is 0 Å². The van der Waals surface area contributed by atoms with E-state index in [-0.39, 0.29) is 11.9 Å². The Labute approximate surface area is 182 Å². The number of pyridine rings is 1. The molecule has 1 aromatic carbocycles. The molecule has 0 N–H and O–H groups in total. The molecule has 0 bridgehead atoms. The molecule has 3 heteroatoms. The molecule has 3 rings (SSSR count). The van der Waals surface area contributed by atoms with Gasteiger partial charge in [0.1, 0.15) is 5.75 Å². The highest BCUT2D eigenvalue weighted by Gasteiger charge is 2.27. The zero-order valence-electron chi connectivity index (χ0n) is 18.7. The van der Waals surface area contributed by atoms with Crippen molar-refractivity contribution in [2.24, 2.45) is 11.8 Å². The average Bonchev–Trinajstić information content (AvgIpc) is 2.79. The lowest BCUT2D eigenvalue weighted by atomic mass is 9.80. The van der Waals surface area contributed by atoms with Gasteiger partial charge in [0.25, 0.3) is 0 Å². The first kappa shape index (κ1) is 22.5. The summed E-state index contributed by atoms with van der Waals surface area (Å²) in [4.78, 5) is 17.2. The molecular weight excluding hydrogens is 370 g/mol. The zero-order valence-corrected chi connectivity index (χ0v) is 18.7. The Morgan fingerprint density at radius 3 is 2.30 bits per heavy atom. The summed E-state index contributed by atoms with van der Waals surface area (Å²) >= 11 is 0. The third-order valence-corrected chi connectivity index (χ3v) is 6.41. The van der Waals surface area contributed by atoms with Crippen LogP contribution in [-0.2, 0) is 11.2 Å². The fourth-order valence-electron chi connectivity index (χ4n) is 4.39. The van der Waals surface area contributed by atoms with E-state index in [1.165, 1.54) is 56.9 Å². The van der Waals surface area contributed by atoms with Crippen LogP contribution in [0, 0.1) is 11.8 Å². The van der Waals surface area contributed by atoms with Crippen LogP contribution in [0.5, 0.6) is 5.75 Å². The zero-order chi connectivity index (χ0) is 21.2. The largest absolute Gasteiger partial charge is 0.426 e. The van der Waals surface area contributed by atoms with E-state index < -0.39 is 0 Å². The maximum atomic E-state index is 12.6. The van der Waals surface area contributed by atoms with Crippen molar-refractivity contribution in [2.45, 2.75) is 84.5 Å². The summed E-state index contributed by atoms with van der Waals surface area (Å²) in [5.74, 6) is 1.44. The highest BCUT2D eigenvalue weighted by atomic mass is 16.5. The van der Waals surface area contributed by atoms with Gasteiger partial charge in [0, 0.05) is 11.8 Å². The summed E-state index contributed by atoms with van der Waals surface area (Å²) < 4.78 is 5.68. The van der Waals surface area contributed by atoms with Gasteiger partial charge in [0.2, 0.25) is 0 Å². The molecule has 1 aromatic heterocycles. The maximum absolute atomic E-state index is 12.6. The highest BCUT2D eigenvalue weighted by molar-refractivity contribution is 5.75. The molecule has 0 saturated heterocycles. The third-order valence-electron chi connectivity index (χ3n) is 6.41. The van der Waals surface area contributed by atoms with Crippen molar-refractivity contribution in [3.05, 3.63) is 48.2 Å². The quantitative estimate of drug-likeness (QED) is 0.234. The molecule has 0 spiro atoms. The SMILES string of the molecule is CCCCCC1CCC(C(=O)Oc2ccc(-c3ccc(CCCC)cn3)cc2)CC1. The van der Waals surface area contributed by atoms with Crippen LogP contribution in [0.3, 0.4) is 0 Å². The van der Waals surface area contributed by atoms with Crippen molar-refractivity contribution in [3.63, 3.8) is 0 Å². The van der Waals surface area contributed by atoms with E-state index in [0.29, 0.717) is 5.75 Å². The number of ether oxygens (including phenoxy) is 1. The second-order valence-electron chi connectivity index (χ2n) is 8.81. The Balaban J connectivity index is 1.48. The van der Waals surface area contributed by atoms with Gasteiger partial charge in [-0.05, 0) is 80.3 Å². The van der Waals surface area contributed by atoms with Crippen molar-refractivity contribution in [2.75, 3.05) is 0 Å². The Morgan fingerprint density at radius 2 is 1.67 bits per heavy atom. The minimum Gasteiger partial charge on any atom is -0.426 e. The van der Waals surface area contributed by atoms with Crippen molar-refractivity contribution in [1.82, 2.24) is 4.98 Å². The van der Waals surface area contributed by atoms with Crippen LogP contribution < -0.4 is 4.74 Å². The van der Waals surface area contributed by atoms with Gasteiger partial charge in [-0.25, -0.2) is 0 Å². The number of esters is 1. The summed E-state index contributed by atoms with van der Waals surface area (Å²) in [6, 6.07) is 12.0. The molecule has 162 valence electrons. The predicted octanol–water partition coefficient (Wildman–Crippen LogP) is 7.38. The molecule has 0 radical (unpaired) electrons. The third kappa shape index (κ3) is 6.68. The highest BCUT2D eigenvalue weighted by Crippen LogP contribution is 2.33. The number of hydrogen-bond acceptors (Lipinski definition) is 3. The number of benzene rings is 1. The molecule has 1 aliphatic carbocycles. The minimum absolute atomic E-state index is 0.0597. The number of carbonyl (C=O) groups excluding carboxylic acids is 1. The molecular formula is C27H37NO2. The second kappa shape index (κ2) is 11.9. The Morgan fingerprint density at radius 1 is 0.933 bits per heavy atom. The maximum Gasteiger partial charge on any atom is 0.314 e. The smallest absolute Gasteiger partial charge is 0.314 e. The lowest BCUT2D eigenvalue weighted by Crippen LogP contribution is -2.25. The fourth-order valence-corrected chi connectivity index (χ4v) is 4.39. The van der Waals surface area contributed by atoms with E-state index in [9.17, 15) is 4.79 Å². The first-order chi connectivity index (χ1) is 14.7. The van der Waals surface area contributed by atoms with Crippen LogP contribution in [-0.4, -0.2) is 11.0 Å². The standard InChI is InChI=1S/C27H37NO2/c1-3-5-7-9-21-10-13-24(14-11-21)27(29)30-25-17-15-23(16-18-25)26-19-12-22(20-28-26)8-6-4-2/h12,15-21,24H,3-11,13-14H2,1-2H3. The molecule has 1 fully saturated rings. The first-order valence-corrected chi connectivity index (χ1v) is 12.0. The van der Waals surface area contributed by atoms with E-state index in [1.807, 2.05) is 30.5 Å². The predicted molar refractivity (Wildman–Crippen MR) is 124 cm³/mol. The van der Waals surface area contributed by atoms with Crippen LogP contribution in [0.1, 0.15) is 83.6 Å². The number of rotatable bonds is 10. The van der Waals surface area contributed by atoms with Crippen LogP contribution in [0.15, 0.2) is 42.6 Å². The van der Waals surface area contributed by atoms with Gasteiger partial charge in [0.05, 0.1) is 11.6 Å². The molecule has 1 heterocycles. The van der Waals surface area contributed by atoms with Crippen molar-refractivity contribution < 1.29 is 9.53 Å². The van der Waals surface area contributed by atoms with E-state index in [2.05, 4.69) is 31.0 Å². The Hall–Kier alpha value is -2.16. The molecule has 0 atom stereocenters. The molecule has 0 unspecified atom stereocenters. The van der Waals surface area contributed by atoms with E-state index in [1.54, 1.807) is 0 Å². The molecule has 1 aliphatic rings. The Bertz CT molecular complexity index is 758. The number of aryl methyl sites for hydroxylation is 1. The summed E-state index contributed by atoms with van der Waals surface area (Å²) in [5.41, 5.74) is 3.28.